The third-order valence-corrected chi connectivity index (χ3v) is 6.25. The second kappa shape index (κ2) is 11.2. The highest BCUT2D eigenvalue weighted by atomic mass is 32.2. The van der Waals surface area contributed by atoms with Crippen LogP contribution in [0.4, 0.5) is 13.2 Å². The maximum Gasteiger partial charge on any atom is 0.420 e. The average Bonchev–Trinajstić information content (AvgIpc) is 2.79. The van der Waals surface area contributed by atoms with Crippen LogP contribution < -0.4 is 20.5 Å². The van der Waals surface area contributed by atoms with Crippen molar-refractivity contribution in [3.05, 3.63) is 60.2 Å². The molecule has 190 valence electrons. The molecule has 0 aliphatic rings. The van der Waals surface area contributed by atoms with Crippen LogP contribution in [-0.4, -0.2) is 56.1 Å². The minimum Gasteiger partial charge on any atom is -0.494 e. The number of carbonyl (C=O) groups is 2. The molecule has 2 rings (SSSR count). The van der Waals surface area contributed by atoms with Crippen molar-refractivity contribution in [2.45, 2.75) is 29.5 Å². The molecule has 0 heterocycles. The lowest BCUT2D eigenvalue weighted by atomic mass is 10.0. The van der Waals surface area contributed by atoms with Crippen LogP contribution in [0.25, 0.3) is 0 Å². The number of carbonyl (C=O) groups excluding carboxylic acids is 1. The molecule has 0 bridgehead atoms. The van der Waals surface area contributed by atoms with Crippen molar-refractivity contribution in [1.29, 1.82) is 5.41 Å². The molecule has 0 fully saturated rings. The van der Waals surface area contributed by atoms with E-state index in [9.17, 15) is 36.3 Å². The first kappa shape index (κ1) is 27.6. The zero-order chi connectivity index (χ0) is 26.3. The van der Waals surface area contributed by atoms with Gasteiger partial charge in [0.25, 0.3) is 0 Å². The number of nitrogens with two attached hydrogens (primary N) is 1. The van der Waals surface area contributed by atoms with Gasteiger partial charge in [-0.2, -0.15) is 17.9 Å². The Morgan fingerprint density at radius 3 is 2.17 bits per heavy atom. The molecular formula is C21H23F3N4O6S. The normalized spacial score (nSPS) is 13.5. The van der Waals surface area contributed by atoms with Crippen LogP contribution in [0.1, 0.15) is 18.4 Å². The standard InChI is InChI=1S/C21H23F3N4O6S/c22-21(23,24)20(19(30)31,28-35(32,33)16-5-2-1-3-6-16)13-27-17(29)7-4-12-34-15-10-8-14(9-11-15)18(25)26/h1-3,5-6,8-11,28H,4,7,12-13H2,(H3,25,26)(H,27,29)(H,30,31)/t20-/m0/s1. The van der Waals surface area contributed by atoms with Gasteiger partial charge in [0.15, 0.2) is 0 Å². The highest BCUT2D eigenvalue weighted by Crippen LogP contribution is 2.32. The fraction of sp³-hybridized carbons (Fsp3) is 0.286. The molecule has 0 radical (unpaired) electrons. The Bertz CT molecular complexity index is 1160. The second-order valence-corrected chi connectivity index (χ2v) is 8.98. The van der Waals surface area contributed by atoms with Gasteiger partial charge in [0.2, 0.25) is 21.5 Å². The Kier molecular flexibility index (Phi) is 8.82. The summed E-state index contributed by atoms with van der Waals surface area (Å²) in [5.41, 5.74) is 1.82. The van der Waals surface area contributed by atoms with Crippen LogP contribution in [0.3, 0.4) is 0 Å². The zero-order valence-corrected chi connectivity index (χ0v) is 18.9. The van der Waals surface area contributed by atoms with Crippen LogP contribution in [0.15, 0.2) is 59.5 Å². The molecule has 10 nitrogen and oxygen atoms in total. The Hall–Kier alpha value is -3.65. The number of benzene rings is 2. The number of hydrogen-bond donors (Lipinski definition) is 5. The molecule has 1 atom stereocenters. The van der Waals surface area contributed by atoms with Crippen molar-refractivity contribution in [3.8, 4) is 5.75 Å². The SMILES string of the molecule is N=C(N)c1ccc(OCCCC(=O)NC[C@](NS(=O)(=O)c2ccccc2)(C(=O)O)C(F)(F)F)cc1. The van der Waals surface area contributed by atoms with E-state index in [0.717, 1.165) is 12.1 Å². The van der Waals surface area contributed by atoms with Crippen molar-refractivity contribution in [3.63, 3.8) is 0 Å². The van der Waals surface area contributed by atoms with E-state index in [2.05, 4.69) is 0 Å². The van der Waals surface area contributed by atoms with Crippen molar-refractivity contribution < 1.29 is 41.0 Å². The largest absolute Gasteiger partial charge is 0.494 e. The fourth-order valence-electron chi connectivity index (χ4n) is 2.80. The number of aliphatic carboxylic acids is 1. The molecule has 0 aliphatic heterocycles. The molecule has 2 aromatic carbocycles. The van der Waals surface area contributed by atoms with Gasteiger partial charge >= 0.3 is 12.1 Å². The van der Waals surface area contributed by atoms with Crippen molar-refractivity contribution >= 4 is 27.7 Å². The van der Waals surface area contributed by atoms with Gasteiger partial charge in [-0.25, -0.2) is 13.2 Å². The lowest BCUT2D eigenvalue weighted by Gasteiger charge is -2.32. The summed E-state index contributed by atoms with van der Waals surface area (Å²) in [7, 11) is -4.90. The fourth-order valence-corrected chi connectivity index (χ4v) is 4.16. The number of sulfonamides is 1. The predicted octanol–water partition coefficient (Wildman–Crippen LogP) is 1.61. The predicted molar refractivity (Wildman–Crippen MR) is 118 cm³/mol. The van der Waals surface area contributed by atoms with Gasteiger partial charge in [-0.1, -0.05) is 18.2 Å². The van der Waals surface area contributed by atoms with Gasteiger partial charge in [0.1, 0.15) is 11.6 Å². The van der Waals surface area contributed by atoms with E-state index in [1.165, 1.54) is 22.9 Å². The molecular weight excluding hydrogens is 493 g/mol. The number of rotatable bonds is 12. The average molecular weight is 516 g/mol. The number of carboxylic acid groups (broad SMARTS) is 1. The number of nitrogens with one attached hydrogen (secondary N) is 3. The topological polar surface area (TPSA) is 172 Å². The van der Waals surface area contributed by atoms with Gasteiger partial charge in [-0.3, -0.25) is 10.2 Å². The number of alkyl halides is 3. The summed E-state index contributed by atoms with van der Waals surface area (Å²) in [6.07, 6.45) is -5.82. The summed E-state index contributed by atoms with van der Waals surface area (Å²) in [6, 6.07) is 12.1. The highest BCUT2D eigenvalue weighted by molar-refractivity contribution is 7.89. The molecule has 14 heteroatoms. The van der Waals surface area contributed by atoms with Crippen LogP contribution >= 0.6 is 0 Å². The van der Waals surface area contributed by atoms with E-state index in [1.54, 1.807) is 24.3 Å². The van der Waals surface area contributed by atoms with E-state index < -0.39 is 45.1 Å². The van der Waals surface area contributed by atoms with Gasteiger partial charge in [0.05, 0.1) is 18.0 Å². The lowest BCUT2D eigenvalue weighted by molar-refractivity contribution is -0.204. The molecule has 0 saturated heterocycles. The van der Waals surface area contributed by atoms with Crippen molar-refractivity contribution in [2.24, 2.45) is 5.73 Å². The first-order valence-corrected chi connectivity index (χ1v) is 11.5. The summed E-state index contributed by atoms with van der Waals surface area (Å²) in [5, 5.41) is 18.5. The van der Waals surface area contributed by atoms with Crippen molar-refractivity contribution in [2.75, 3.05) is 13.2 Å². The zero-order valence-electron chi connectivity index (χ0n) is 18.1. The quantitative estimate of drug-likeness (QED) is 0.162. The molecule has 0 aliphatic carbocycles. The van der Waals surface area contributed by atoms with Crippen LogP contribution in [0.5, 0.6) is 5.75 Å². The minimum atomic E-state index is -5.58. The first-order chi connectivity index (χ1) is 16.3. The minimum absolute atomic E-state index is 0.0107. The van der Waals surface area contributed by atoms with Crippen LogP contribution in [-0.2, 0) is 19.6 Å². The Labute approximate surface area is 198 Å². The van der Waals surface area contributed by atoms with E-state index in [1.807, 2.05) is 5.32 Å². The van der Waals surface area contributed by atoms with Crippen molar-refractivity contribution in [1.82, 2.24) is 10.0 Å². The van der Waals surface area contributed by atoms with Gasteiger partial charge in [0, 0.05) is 12.0 Å². The Balaban J connectivity index is 2.01. The van der Waals surface area contributed by atoms with Gasteiger partial charge in [-0.15, -0.1) is 0 Å². The third kappa shape index (κ3) is 7.16. The molecule has 2 aromatic rings. The molecule has 0 aromatic heterocycles. The molecule has 0 saturated carbocycles. The number of ether oxygens (including phenoxy) is 1. The first-order valence-electron chi connectivity index (χ1n) is 10.0. The number of nitrogen functional groups attached to an aromatic ring is 1. The summed E-state index contributed by atoms with van der Waals surface area (Å²) in [6.45, 7) is -1.55. The van der Waals surface area contributed by atoms with E-state index >= 15 is 0 Å². The van der Waals surface area contributed by atoms with Crippen LogP contribution in [0, 0.1) is 5.41 Å². The van der Waals surface area contributed by atoms with E-state index in [0.29, 0.717) is 11.3 Å². The number of amidine groups is 1. The molecule has 0 unspecified atom stereocenters. The molecule has 1 amide bonds. The molecule has 0 spiro atoms. The highest BCUT2D eigenvalue weighted by Gasteiger charge is 2.63. The monoisotopic (exact) mass is 516 g/mol. The maximum absolute atomic E-state index is 13.8. The maximum atomic E-state index is 13.8. The summed E-state index contributed by atoms with van der Waals surface area (Å²) >= 11 is 0. The summed E-state index contributed by atoms with van der Waals surface area (Å²) in [4.78, 5) is 23.1. The Morgan fingerprint density at radius 2 is 1.66 bits per heavy atom. The number of amides is 1. The number of halogens is 3. The van der Waals surface area contributed by atoms with Gasteiger partial charge in [-0.05, 0) is 42.8 Å². The summed E-state index contributed by atoms with van der Waals surface area (Å²) in [5.74, 6) is -3.18. The smallest absolute Gasteiger partial charge is 0.420 e. The molecule has 35 heavy (non-hydrogen) atoms. The second-order valence-electron chi connectivity index (χ2n) is 7.29. The third-order valence-electron chi connectivity index (χ3n) is 4.74. The number of hydrogen-bond acceptors (Lipinski definition) is 6. The number of carboxylic acids is 1. The lowest BCUT2D eigenvalue weighted by Crippen LogP contribution is -2.68. The van der Waals surface area contributed by atoms with E-state index in [-0.39, 0.29) is 25.3 Å². The van der Waals surface area contributed by atoms with Gasteiger partial charge < -0.3 is 20.9 Å². The molecule has 6 N–H and O–H groups in total. The Morgan fingerprint density at radius 1 is 1.06 bits per heavy atom. The summed E-state index contributed by atoms with van der Waals surface area (Å²) < 4.78 is 72.8. The van der Waals surface area contributed by atoms with Crippen LogP contribution in [0.2, 0.25) is 0 Å². The van der Waals surface area contributed by atoms with E-state index in [4.69, 9.17) is 15.9 Å².